The topological polar surface area (TPSA) is 94.1 Å². The maximum Gasteiger partial charge on any atom is 0.373 e. The monoisotopic (exact) mass is 248 g/mol. The predicted molar refractivity (Wildman–Crippen MR) is 62.0 cm³/mol. The number of hydrogen-bond acceptors (Lipinski definition) is 4. The van der Waals surface area contributed by atoms with Gasteiger partial charge in [0.2, 0.25) is 0 Å². The van der Waals surface area contributed by atoms with Crippen LogP contribution in [0, 0.1) is 22.7 Å². The molecule has 1 aromatic rings. The summed E-state index contributed by atoms with van der Waals surface area (Å²) >= 11 is 0. The van der Waals surface area contributed by atoms with E-state index in [-0.39, 0.29) is 11.3 Å². The van der Waals surface area contributed by atoms with E-state index in [1.54, 1.807) is 24.3 Å². The zero-order valence-corrected chi connectivity index (χ0v) is 9.89. The van der Waals surface area contributed by atoms with Crippen molar-refractivity contribution >= 4 is 13.7 Å². The van der Waals surface area contributed by atoms with Gasteiger partial charge in [0, 0.05) is 6.66 Å². The van der Waals surface area contributed by atoms with Crippen LogP contribution < -0.4 is 4.52 Å². The molecular weight excluding hydrogens is 239 g/mol. The van der Waals surface area contributed by atoms with E-state index in [1.165, 1.54) is 18.2 Å². The molecule has 0 aliphatic carbocycles. The highest BCUT2D eigenvalue weighted by Gasteiger charge is 2.11. The Labute approximate surface area is 98.7 Å². The molecule has 0 amide bonds. The van der Waals surface area contributed by atoms with Gasteiger partial charge in [-0.25, -0.2) is 4.57 Å². The van der Waals surface area contributed by atoms with Gasteiger partial charge in [-0.15, -0.1) is 0 Å². The van der Waals surface area contributed by atoms with Crippen LogP contribution in [-0.4, -0.2) is 11.6 Å². The molecular formula is C11H9N2O3P. The van der Waals surface area contributed by atoms with Crippen LogP contribution in [0.15, 0.2) is 29.8 Å². The van der Waals surface area contributed by atoms with Crippen LogP contribution >= 0.6 is 7.60 Å². The maximum atomic E-state index is 11.0. The fraction of sp³-hybridized carbons (Fsp3) is 0.0909. The second kappa shape index (κ2) is 5.32. The Bertz CT molecular complexity index is 542. The summed E-state index contributed by atoms with van der Waals surface area (Å²) in [6.45, 7) is 1.09. The van der Waals surface area contributed by atoms with Crippen molar-refractivity contribution in [2.45, 2.75) is 0 Å². The third kappa shape index (κ3) is 4.53. The molecule has 0 heterocycles. The van der Waals surface area contributed by atoms with Crippen LogP contribution in [0.25, 0.3) is 6.08 Å². The zero-order valence-electron chi connectivity index (χ0n) is 8.99. The molecule has 0 aromatic heterocycles. The van der Waals surface area contributed by atoms with Gasteiger partial charge in [0.15, 0.2) is 0 Å². The third-order valence-electron chi connectivity index (χ3n) is 1.71. The molecule has 17 heavy (non-hydrogen) atoms. The molecule has 0 radical (unpaired) electrons. The first kappa shape index (κ1) is 13.0. The van der Waals surface area contributed by atoms with Gasteiger partial charge in [-0.2, -0.15) is 10.5 Å². The summed E-state index contributed by atoms with van der Waals surface area (Å²) in [5, 5.41) is 17.1. The number of nitrogens with zero attached hydrogens (tertiary/aromatic N) is 2. The van der Waals surface area contributed by atoms with Crippen molar-refractivity contribution in [3.05, 3.63) is 35.4 Å². The number of benzene rings is 1. The molecule has 0 aliphatic rings. The number of hydrogen-bond donors (Lipinski definition) is 1. The van der Waals surface area contributed by atoms with Crippen molar-refractivity contribution in [3.8, 4) is 17.9 Å². The lowest BCUT2D eigenvalue weighted by atomic mass is 10.1. The fourth-order valence-corrected chi connectivity index (χ4v) is 1.59. The second-order valence-electron chi connectivity index (χ2n) is 3.24. The van der Waals surface area contributed by atoms with Crippen LogP contribution in [0.2, 0.25) is 0 Å². The number of allylic oxidation sites excluding steroid dienone is 1. The minimum Gasteiger partial charge on any atom is -0.425 e. The molecule has 0 saturated heterocycles. The minimum absolute atomic E-state index is 0.0120. The van der Waals surface area contributed by atoms with Crippen LogP contribution in [0.4, 0.5) is 0 Å². The highest BCUT2D eigenvalue weighted by Crippen LogP contribution is 2.37. The Morgan fingerprint density at radius 2 is 1.88 bits per heavy atom. The van der Waals surface area contributed by atoms with Gasteiger partial charge < -0.3 is 9.42 Å². The van der Waals surface area contributed by atoms with Crippen molar-refractivity contribution in [2.24, 2.45) is 0 Å². The molecule has 1 N–H and O–H groups in total. The van der Waals surface area contributed by atoms with Gasteiger partial charge in [-0.05, 0) is 23.8 Å². The Kier molecular flexibility index (Phi) is 4.06. The lowest BCUT2D eigenvalue weighted by Crippen LogP contribution is -1.89. The van der Waals surface area contributed by atoms with E-state index in [9.17, 15) is 4.57 Å². The van der Waals surface area contributed by atoms with Crippen molar-refractivity contribution < 1.29 is 14.0 Å². The fourth-order valence-electron chi connectivity index (χ4n) is 1.08. The molecule has 1 rings (SSSR count). The average Bonchev–Trinajstić information content (AvgIpc) is 2.26. The molecule has 6 heteroatoms. The number of nitriles is 2. The van der Waals surface area contributed by atoms with Gasteiger partial charge in [0.1, 0.15) is 23.5 Å². The summed E-state index contributed by atoms with van der Waals surface area (Å²) < 4.78 is 15.7. The number of rotatable bonds is 3. The van der Waals surface area contributed by atoms with Crippen molar-refractivity contribution in [1.29, 1.82) is 10.5 Å². The first-order valence-electron chi connectivity index (χ1n) is 4.56. The summed E-state index contributed by atoms with van der Waals surface area (Å²) in [5.41, 5.74) is 0.626. The Morgan fingerprint density at radius 1 is 1.35 bits per heavy atom. The summed E-state index contributed by atoms with van der Waals surface area (Å²) in [6.07, 6.45) is 1.41. The molecule has 0 spiro atoms. The normalized spacial score (nSPS) is 12.7. The highest BCUT2D eigenvalue weighted by atomic mass is 31.2. The van der Waals surface area contributed by atoms with Crippen LogP contribution in [0.3, 0.4) is 0 Å². The molecule has 0 aliphatic heterocycles. The van der Waals surface area contributed by atoms with Crippen LogP contribution in [0.5, 0.6) is 5.75 Å². The first-order chi connectivity index (χ1) is 7.94. The molecule has 0 saturated carbocycles. The first-order valence-corrected chi connectivity index (χ1v) is 6.59. The summed E-state index contributed by atoms with van der Waals surface area (Å²) in [6, 6.07) is 9.62. The van der Waals surface area contributed by atoms with Gasteiger partial charge in [0.25, 0.3) is 0 Å². The Hall–Kier alpha value is -2.07. The molecule has 1 aromatic carbocycles. The van der Waals surface area contributed by atoms with E-state index >= 15 is 0 Å². The summed E-state index contributed by atoms with van der Waals surface area (Å²) in [7, 11) is -3.56. The molecule has 1 atom stereocenters. The van der Waals surface area contributed by atoms with Gasteiger partial charge in [-0.3, -0.25) is 0 Å². The van der Waals surface area contributed by atoms with E-state index in [1.807, 2.05) is 0 Å². The molecule has 0 bridgehead atoms. The van der Waals surface area contributed by atoms with E-state index < -0.39 is 7.60 Å². The lowest BCUT2D eigenvalue weighted by Gasteiger charge is -2.08. The molecule has 5 nitrogen and oxygen atoms in total. The predicted octanol–water partition coefficient (Wildman–Crippen LogP) is 2.31. The lowest BCUT2D eigenvalue weighted by molar-refractivity contribution is 0.387. The third-order valence-corrected chi connectivity index (χ3v) is 2.26. The molecule has 86 valence electrons. The van der Waals surface area contributed by atoms with E-state index in [2.05, 4.69) is 0 Å². The van der Waals surface area contributed by atoms with Crippen LogP contribution in [0.1, 0.15) is 5.56 Å². The largest absolute Gasteiger partial charge is 0.425 e. The van der Waals surface area contributed by atoms with Crippen LogP contribution in [-0.2, 0) is 4.57 Å². The van der Waals surface area contributed by atoms with Crippen molar-refractivity contribution in [2.75, 3.05) is 6.66 Å². The van der Waals surface area contributed by atoms with E-state index in [0.717, 1.165) is 6.66 Å². The summed E-state index contributed by atoms with van der Waals surface area (Å²) in [5.74, 6) is 0.256. The van der Waals surface area contributed by atoms with Crippen molar-refractivity contribution in [3.63, 3.8) is 0 Å². The van der Waals surface area contributed by atoms with Gasteiger partial charge >= 0.3 is 7.60 Å². The average molecular weight is 248 g/mol. The van der Waals surface area contributed by atoms with E-state index in [4.69, 9.17) is 19.9 Å². The SMILES string of the molecule is CP(=O)(O)Oc1ccc(C=C(C#N)C#N)cc1. The van der Waals surface area contributed by atoms with Gasteiger partial charge in [-0.1, -0.05) is 12.1 Å². The quantitative estimate of drug-likeness (QED) is 0.654. The Balaban J connectivity index is 2.91. The van der Waals surface area contributed by atoms with Crippen molar-refractivity contribution in [1.82, 2.24) is 0 Å². The molecule has 0 fully saturated rings. The highest BCUT2D eigenvalue weighted by molar-refractivity contribution is 7.52. The summed E-state index contributed by atoms with van der Waals surface area (Å²) in [4.78, 5) is 9.00. The molecule has 1 unspecified atom stereocenters. The Morgan fingerprint density at radius 3 is 2.29 bits per heavy atom. The maximum absolute atomic E-state index is 11.0. The zero-order chi connectivity index (χ0) is 12.9. The minimum atomic E-state index is -3.56. The van der Waals surface area contributed by atoms with E-state index in [0.29, 0.717) is 5.56 Å². The smallest absolute Gasteiger partial charge is 0.373 e. The second-order valence-corrected chi connectivity index (χ2v) is 5.03. The standard InChI is InChI=1S/C11H9N2O3P/c1-17(14,15)16-11-4-2-9(3-5-11)6-10(7-12)8-13/h2-6H,1H3,(H,14,15). The van der Waals surface area contributed by atoms with Gasteiger partial charge in [0.05, 0.1) is 0 Å².